The lowest BCUT2D eigenvalue weighted by molar-refractivity contribution is -0.120. The number of anilines is 1. The molecule has 0 spiro atoms. The summed E-state index contributed by atoms with van der Waals surface area (Å²) in [5.41, 5.74) is 1.67. The third-order valence-electron chi connectivity index (χ3n) is 3.45. The molecule has 0 aliphatic carbocycles. The highest BCUT2D eigenvalue weighted by Gasteiger charge is 2.20. The topological polar surface area (TPSA) is 71.8 Å². The first kappa shape index (κ1) is 15.5. The summed E-state index contributed by atoms with van der Waals surface area (Å²) in [6.07, 6.45) is 5.27. The zero-order chi connectivity index (χ0) is 13.8. The second-order valence-electron chi connectivity index (χ2n) is 4.90. The average Bonchev–Trinajstić information content (AvgIpc) is 3.03. The molecule has 2 heterocycles. The van der Waals surface area contributed by atoms with Gasteiger partial charge in [-0.1, -0.05) is 0 Å². The van der Waals surface area contributed by atoms with Gasteiger partial charge in [-0.15, -0.1) is 12.4 Å². The van der Waals surface area contributed by atoms with E-state index in [-0.39, 0.29) is 24.2 Å². The minimum Gasteiger partial charge on any atom is -0.326 e. The van der Waals surface area contributed by atoms with Gasteiger partial charge in [0.15, 0.2) is 0 Å². The highest BCUT2D eigenvalue weighted by atomic mass is 35.5. The minimum absolute atomic E-state index is 0. The number of benzene rings is 1. The normalized spacial score (nSPS) is 17.8. The largest absolute Gasteiger partial charge is 0.326 e. The van der Waals surface area contributed by atoms with Crippen molar-refractivity contribution >= 4 is 24.0 Å². The lowest BCUT2D eigenvalue weighted by atomic mass is 9.99. The minimum atomic E-state index is 0. The first-order chi connectivity index (χ1) is 9.83. The Bertz CT molecular complexity index is 564. The van der Waals surface area contributed by atoms with Crippen molar-refractivity contribution in [3.63, 3.8) is 0 Å². The van der Waals surface area contributed by atoms with Gasteiger partial charge in [0.25, 0.3) is 0 Å². The molecule has 3 rings (SSSR count). The third kappa shape index (κ3) is 3.80. The summed E-state index contributed by atoms with van der Waals surface area (Å²) >= 11 is 0. The molecular formula is C14H18ClN5O. The van der Waals surface area contributed by atoms with Gasteiger partial charge in [-0.05, 0) is 43.7 Å². The molecule has 7 heteroatoms. The molecule has 1 fully saturated rings. The van der Waals surface area contributed by atoms with Crippen molar-refractivity contribution in [2.75, 3.05) is 18.4 Å². The van der Waals surface area contributed by atoms with Gasteiger partial charge >= 0.3 is 0 Å². The van der Waals surface area contributed by atoms with E-state index >= 15 is 0 Å². The number of rotatable bonds is 3. The summed E-state index contributed by atoms with van der Waals surface area (Å²) in [6.45, 7) is 1.77. The maximum Gasteiger partial charge on any atom is 0.228 e. The molecule has 1 saturated heterocycles. The Kier molecular flexibility index (Phi) is 5.30. The quantitative estimate of drug-likeness (QED) is 0.904. The predicted molar refractivity (Wildman–Crippen MR) is 82.8 cm³/mol. The third-order valence-corrected chi connectivity index (χ3v) is 3.45. The number of nitrogens with zero attached hydrogens (tertiary/aromatic N) is 3. The van der Waals surface area contributed by atoms with Gasteiger partial charge < -0.3 is 10.6 Å². The van der Waals surface area contributed by atoms with Crippen molar-refractivity contribution in [2.24, 2.45) is 5.92 Å². The highest BCUT2D eigenvalue weighted by molar-refractivity contribution is 5.92. The Balaban J connectivity index is 0.00000161. The molecule has 112 valence electrons. The Morgan fingerprint density at radius 3 is 2.57 bits per heavy atom. The number of piperidine rings is 1. The molecule has 1 unspecified atom stereocenters. The second kappa shape index (κ2) is 7.19. The monoisotopic (exact) mass is 307 g/mol. The van der Waals surface area contributed by atoms with Crippen LogP contribution in [0.5, 0.6) is 0 Å². The summed E-state index contributed by atoms with van der Waals surface area (Å²) in [6, 6.07) is 7.50. The van der Waals surface area contributed by atoms with Crippen molar-refractivity contribution in [1.29, 1.82) is 0 Å². The van der Waals surface area contributed by atoms with Crippen LogP contribution in [0.25, 0.3) is 5.69 Å². The number of carbonyl (C=O) groups excluding carboxylic acids is 1. The highest BCUT2D eigenvalue weighted by Crippen LogP contribution is 2.15. The van der Waals surface area contributed by atoms with Crippen LogP contribution in [0.3, 0.4) is 0 Å². The summed E-state index contributed by atoms with van der Waals surface area (Å²) in [5, 5.41) is 14.3. The first-order valence-electron chi connectivity index (χ1n) is 6.81. The predicted octanol–water partition coefficient (Wildman–Crippen LogP) is 1.63. The summed E-state index contributed by atoms with van der Waals surface area (Å²) in [7, 11) is 0. The van der Waals surface area contributed by atoms with Crippen LogP contribution in [-0.4, -0.2) is 34.0 Å². The molecule has 2 N–H and O–H groups in total. The van der Waals surface area contributed by atoms with E-state index in [1.54, 1.807) is 12.4 Å². The molecule has 1 atom stereocenters. The SMILES string of the molecule is Cl.O=C(Nc1ccc(-n2nccn2)cc1)C1CCCNC1. The van der Waals surface area contributed by atoms with E-state index in [1.165, 1.54) is 4.80 Å². The molecule has 0 bridgehead atoms. The van der Waals surface area contributed by atoms with E-state index in [0.717, 1.165) is 37.3 Å². The van der Waals surface area contributed by atoms with Crippen LogP contribution < -0.4 is 10.6 Å². The Morgan fingerprint density at radius 1 is 1.24 bits per heavy atom. The molecule has 1 aromatic heterocycles. The lowest BCUT2D eigenvalue weighted by Gasteiger charge is -2.21. The molecular weight excluding hydrogens is 290 g/mol. The fourth-order valence-electron chi connectivity index (χ4n) is 2.35. The van der Waals surface area contributed by atoms with Gasteiger partial charge in [0, 0.05) is 12.2 Å². The summed E-state index contributed by atoms with van der Waals surface area (Å²) in [5.74, 6) is 0.151. The zero-order valence-corrected chi connectivity index (χ0v) is 12.3. The van der Waals surface area contributed by atoms with Gasteiger partial charge in [-0.2, -0.15) is 15.0 Å². The average molecular weight is 308 g/mol. The number of hydrogen-bond acceptors (Lipinski definition) is 4. The maximum absolute atomic E-state index is 12.1. The van der Waals surface area contributed by atoms with E-state index in [2.05, 4.69) is 20.8 Å². The Morgan fingerprint density at radius 2 is 1.95 bits per heavy atom. The fraction of sp³-hybridized carbons (Fsp3) is 0.357. The van der Waals surface area contributed by atoms with E-state index in [1.807, 2.05) is 24.3 Å². The van der Waals surface area contributed by atoms with E-state index in [9.17, 15) is 4.79 Å². The summed E-state index contributed by atoms with van der Waals surface area (Å²) in [4.78, 5) is 13.6. The molecule has 0 saturated carbocycles. The molecule has 1 amide bonds. The van der Waals surface area contributed by atoms with Crippen molar-refractivity contribution in [1.82, 2.24) is 20.3 Å². The van der Waals surface area contributed by atoms with Crippen LogP contribution in [0, 0.1) is 5.92 Å². The molecule has 1 aromatic carbocycles. The molecule has 6 nitrogen and oxygen atoms in total. The number of carbonyl (C=O) groups is 1. The number of halogens is 1. The van der Waals surface area contributed by atoms with E-state index < -0.39 is 0 Å². The standard InChI is InChI=1S/C14H17N5O.ClH/c20-14(11-2-1-7-15-10-11)18-12-3-5-13(6-4-12)19-16-8-9-17-19;/h3-6,8-9,11,15H,1-2,7,10H2,(H,18,20);1H. The first-order valence-corrected chi connectivity index (χ1v) is 6.81. The van der Waals surface area contributed by atoms with Gasteiger partial charge in [0.2, 0.25) is 5.91 Å². The molecule has 1 aliphatic heterocycles. The van der Waals surface area contributed by atoms with Gasteiger partial charge in [0.1, 0.15) is 0 Å². The van der Waals surface area contributed by atoms with Gasteiger partial charge in [-0.25, -0.2) is 0 Å². The maximum atomic E-state index is 12.1. The second-order valence-corrected chi connectivity index (χ2v) is 4.90. The van der Waals surface area contributed by atoms with Crippen LogP contribution in [0.1, 0.15) is 12.8 Å². The number of amides is 1. The van der Waals surface area contributed by atoms with Crippen LogP contribution >= 0.6 is 12.4 Å². The zero-order valence-electron chi connectivity index (χ0n) is 11.5. The number of hydrogen-bond donors (Lipinski definition) is 2. The van der Waals surface area contributed by atoms with Crippen LogP contribution in [-0.2, 0) is 4.79 Å². The van der Waals surface area contributed by atoms with Crippen molar-refractivity contribution in [3.8, 4) is 5.69 Å². The fourth-order valence-corrected chi connectivity index (χ4v) is 2.35. The van der Waals surface area contributed by atoms with Crippen molar-refractivity contribution in [2.45, 2.75) is 12.8 Å². The van der Waals surface area contributed by atoms with Gasteiger partial charge in [-0.3, -0.25) is 4.79 Å². The van der Waals surface area contributed by atoms with Crippen LogP contribution in [0.15, 0.2) is 36.7 Å². The smallest absolute Gasteiger partial charge is 0.228 e. The van der Waals surface area contributed by atoms with E-state index in [4.69, 9.17) is 0 Å². The van der Waals surface area contributed by atoms with Crippen LogP contribution in [0.4, 0.5) is 5.69 Å². The van der Waals surface area contributed by atoms with Crippen molar-refractivity contribution in [3.05, 3.63) is 36.7 Å². The number of aromatic nitrogens is 3. The lowest BCUT2D eigenvalue weighted by Crippen LogP contribution is -2.37. The molecule has 0 radical (unpaired) electrons. The van der Waals surface area contributed by atoms with Gasteiger partial charge in [0.05, 0.1) is 24.0 Å². The Hall–Kier alpha value is -1.92. The van der Waals surface area contributed by atoms with Crippen LogP contribution in [0.2, 0.25) is 0 Å². The van der Waals surface area contributed by atoms with Crippen molar-refractivity contribution < 1.29 is 4.79 Å². The van der Waals surface area contributed by atoms with E-state index in [0.29, 0.717) is 0 Å². The Labute approximate surface area is 129 Å². The molecule has 21 heavy (non-hydrogen) atoms. The summed E-state index contributed by atoms with van der Waals surface area (Å²) < 4.78 is 0. The molecule has 2 aromatic rings. The molecule has 1 aliphatic rings. The number of nitrogens with one attached hydrogen (secondary N) is 2.